The van der Waals surface area contributed by atoms with Crippen LogP contribution in [0.2, 0.25) is 0 Å². The van der Waals surface area contributed by atoms with E-state index in [0.717, 1.165) is 4.90 Å². The first-order valence-corrected chi connectivity index (χ1v) is 11.5. The first-order valence-electron chi connectivity index (χ1n) is 11.5. The van der Waals surface area contributed by atoms with Crippen LogP contribution in [0.5, 0.6) is 11.5 Å². The summed E-state index contributed by atoms with van der Waals surface area (Å²) in [4.78, 5) is 14.5. The number of aliphatic hydroxyl groups excluding tert-OH is 3. The van der Waals surface area contributed by atoms with Crippen LogP contribution in [0.15, 0.2) is 48.7 Å². The van der Waals surface area contributed by atoms with E-state index in [1.165, 1.54) is 63.3 Å². The number of hydrogen-bond donors (Lipinski definition) is 3. The fraction of sp³-hybridized carbons (Fsp3) is 0.400. The number of hydrogen-bond acceptors (Lipinski definition) is 9. The number of benzene rings is 2. The van der Waals surface area contributed by atoms with Gasteiger partial charge < -0.3 is 34.4 Å². The summed E-state index contributed by atoms with van der Waals surface area (Å²) in [5, 5.41) is 38.7. The molecule has 0 bridgehead atoms. The minimum absolute atomic E-state index is 0.158. The average Bonchev–Trinajstić information content (AvgIpc) is 3.36. The van der Waals surface area contributed by atoms with Crippen LogP contribution in [0.1, 0.15) is 17.3 Å². The number of amides is 1. The monoisotopic (exact) mass is 518 g/mol. The lowest BCUT2D eigenvalue weighted by atomic mass is 10.1. The van der Waals surface area contributed by atoms with Gasteiger partial charge in [0.1, 0.15) is 23.7 Å². The molecule has 1 amide bonds. The lowest BCUT2D eigenvalue weighted by Gasteiger charge is -2.35. The SMILES string of the molecule is COc1ccc(C(=O)N(C)C(OC(CO)C(C)O)C(O)Cn2cc(-c3cccc(F)c3)nn2)cc1OC. The minimum atomic E-state index is -1.36. The number of carbonyl (C=O) groups is 1. The predicted octanol–water partition coefficient (Wildman–Crippen LogP) is 1.32. The molecule has 11 nitrogen and oxygen atoms in total. The molecule has 0 aliphatic heterocycles. The molecular formula is C25H31FN4O7. The van der Waals surface area contributed by atoms with Gasteiger partial charge in [0.15, 0.2) is 17.7 Å². The Labute approximate surface area is 213 Å². The van der Waals surface area contributed by atoms with E-state index in [-0.39, 0.29) is 12.1 Å². The van der Waals surface area contributed by atoms with Crippen LogP contribution in [-0.2, 0) is 11.3 Å². The topological polar surface area (TPSA) is 139 Å². The van der Waals surface area contributed by atoms with Crippen molar-refractivity contribution in [3.05, 3.63) is 60.0 Å². The van der Waals surface area contributed by atoms with Gasteiger partial charge in [-0.05, 0) is 37.3 Å². The van der Waals surface area contributed by atoms with Crippen LogP contribution < -0.4 is 9.47 Å². The fourth-order valence-electron chi connectivity index (χ4n) is 3.67. The Morgan fingerprint density at radius 3 is 2.49 bits per heavy atom. The van der Waals surface area contributed by atoms with Crippen LogP contribution >= 0.6 is 0 Å². The summed E-state index contributed by atoms with van der Waals surface area (Å²) in [6, 6.07) is 10.4. The van der Waals surface area contributed by atoms with Gasteiger partial charge in [0, 0.05) is 18.2 Å². The second-order valence-corrected chi connectivity index (χ2v) is 8.38. The van der Waals surface area contributed by atoms with Gasteiger partial charge in [-0.2, -0.15) is 0 Å². The van der Waals surface area contributed by atoms with Gasteiger partial charge in [0.05, 0.1) is 39.7 Å². The number of aliphatic hydroxyl groups is 3. The lowest BCUT2D eigenvalue weighted by molar-refractivity contribution is -0.170. The Kier molecular flexibility index (Phi) is 9.53. The fourth-order valence-corrected chi connectivity index (χ4v) is 3.67. The van der Waals surface area contributed by atoms with Crippen LogP contribution in [0, 0.1) is 5.82 Å². The number of halogens is 1. The molecule has 0 aliphatic rings. The summed E-state index contributed by atoms with van der Waals surface area (Å²) in [6.07, 6.45) is -3.31. The number of aromatic nitrogens is 3. The summed E-state index contributed by atoms with van der Waals surface area (Å²) >= 11 is 0. The first-order chi connectivity index (χ1) is 17.7. The molecule has 4 atom stereocenters. The number of likely N-dealkylation sites (N-methyl/N-ethyl adjacent to an activating group) is 1. The predicted molar refractivity (Wildman–Crippen MR) is 130 cm³/mol. The van der Waals surface area contributed by atoms with Gasteiger partial charge in [-0.25, -0.2) is 9.07 Å². The molecule has 3 rings (SSSR count). The van der Waals surface area contributed by atoms with E-state index in [1.807, 2.05) is 0 Å². The first kappa shape index (κ1) is 28.0. The van der Waals surface area contributed by atoms with Crippen molar-refractivity contribution in [3.63, 3.8) is 0 Å². The number of nitrogens with zero attached hydrogens (tertiary/aromatic N) is 4. The van der Waals surface area contributed by atoms with Gasteiger partial charge in [-0.3, -0.25) is 4.79 Å². The quantitative estimate of drug-likeness (QED) is 0.303. The highest BCUT2D eigenvalue weighted by molar-refractivity contribution is 5.95. The summed E-state index contributed by atoms with van der Waals surface area (Å²) < 4.78 is 31.2. The van der Waals surface area contributed by atoms with Crippen molar-refractivity contribution >= 4 is 5.91 Å². The minimum Gasteiger partial charge on any atom is -0.493 e. The van der Waals surface area contributed by atoms with E-state index in [1.54, 1.807) is 18.2 Å². The Morgan fingerprint density at radius 1 is 1.14 bits per heavy atom. The van der Waals surface area contributed by atoms with Crippen molar-refractivity contribution < 1.29 is 38.7 Å². The molecule has 3 N–H and O–H groups in total. The molecule has 2 aromatic carbocycles. The normalized spacial score (nSPS) is 14.5. The molecule has 0 fully saturated rings. The highest BCUT2D eigenvalue weighted by atomic mass is 19.1. The van der Waals surface area contributed by atoms with Crippen molar-refractivity contribution in [2.24, 2.45) is 0 Å². The van der Waals surface area contributed by atoms with E-state index in [9.17, 15) is 24.5 Å². The summed E-state index contributed by atoms with van der Waals surface area (Å²) in [5.74, 6) is -0.177. The zero-order valence-corrected chi connectivity index (χ0v) is 21.0. The molecule has 1 aromatic heterocycles. The van der Waals surface area contributed by atoms with E-state index < -0.39 is 42.9 Å². The van der Waals surface area contributed by atoms with Gasteiger partial charge in [0.2, 0.25) is 0 Å². The summed E-state index contributed by atoms with van der Waals surface area (Å²) in [7, 11) is 4.33. The number of methoxy groups -OCH3 is 2. The van der Waals surface area contributed by atoms with Crippen molar-refractivity contribution in [1.29, 1.82) is 0 Å². The standard InChI is InChI=1S/C25H31FN4O7/c1-15(32)23(14-31)37-25(29(2)24(34)17-8-9-21(35-3)22(11-17)36-4)20(33)13-30-12-19(27-28-30)16-6-5-7-18(26)10-16/h5-12,15,20,23,25,31-33H,13-14H2,1-4H3. The Bertz CT molecular complexity index is 1190. The smallest absolute Gasteiger partial charge is 0.255 e. The Balaban J connectivity index is 1.85. The van der Waals surface area contributed by atoms with Crippen molar-refractivity contribution in [2.45, 2.75) is 38.0 Å². The van der Waals surface area contributed by atoms with Crippen molar-refractivity contribution in [1.82, 2.24) is 19.9 Å². The maximum Gasteiger partial charge on any atom is 0.255 e. The molecule has 0 spiro atoms. The maximum atomic E-state index is 13.6. The molecule has 0 aliphatic carbocycles. The van der Waals surface area contributed by atoms with E-state index in [0.29, 0.717) is 22.8 Å². The maximum absolute atomic E-state index is 13.6. The van der Waals surface area contributed by atoms with Gasteiger partial charge in [-0.1, -0.05) is 17.3 Å². The highest BCUT2D eigenvalue weighted by Gasteiger charge is 2.33. The zero-order valence-electron chi connectivity index (χ0n) is 21.0. The molecular weight excluding hydrogens is 487 g/mol. The van der Waals surface area contributed by atoms with Crippen molar-refractivity contribution in [3.8, 4) is 22.8 Å². The lowest BCUT2D eigenvalue weighted by Crippen LogP contribution is -2.51. The van der Waals surface area contributed by atoms with Crippen molar-refractivity contribution in [2.75, 3.05) is 27.9 Å². The van der Waals surface area contributed by atoms with Crippen LogP contribution in [-0.4, -0.2) is 93.5 Å². The van der Waals surface area contributed by atoms with E-state index in [2.05, 4.69) is 10.3 Å². The average molecular weight is 519 g/mol. The third-order valence-electron chi connectivity index (χ3n) is 5.73. The van der Waals surface area contributed by atoms with Gasteiger partial charge in [-0.15, -0.1) is 5.10 Å². The number of rotatable bonds is 12. The third kappa shape index (κ3) is 6.80. The largest absolute Gasteiger partial charge is 0.493 e. The molecule has 1 heterocycles. The third-order valence-corrected chi connectivity index (χ3v) is 5.73. The molecule has 3 aromatic rings. The van der Waals surface area contributed by atoms with Crippen LogP contribution in [0.4, 0.5) is 4.39 Å². The Hall–Kier alpha value is -3.58. The Morgan fingerprint density at radius 2 is 1.86 bits per heavy atom. The van der Waals surface area contributed by atoms with Crippen LogP contribution in [0.3, 0.4) is 0 Å². The molecule has 37 heavy (non-hydrogen) atoms. The van der Waals surface area contributed by atoms with Crippen LogP contribution in [0.25, 0.3) is 11.3 Å². The van der Waals surface area contributed by atoms with E-state index >= 15 is 0 Å². The highest BCUT2D eigenvalue weighted by Crippen LogP contribution is 2.28. The zero-order chi connectivity index (χ0) is 27.1. The summed E-state index contributed by atoms with van der Waals surface area (Å²) in [6.45, 7) is 0.712. The van der Waals surface area contributed by atoms with E-state index in [4.69, 9.17) is 14.2 Å². The van der Waals surface area contributed by atoms with Gasteiger partial charge in [0.25, 0.3) is 5.91 Å². The number of ether oxygens (including phenoxy) is 3. The molecule has 0 radical (unpaired) electrons. The number of carbonyl (C=O) groups excluding carboxylic acids is 1. The van der Waals surface area contributed by atoms with Gasteiger partial charge >= 0.3 is 0 Å². The molecule has 0 saturated carbocycles. The summed E-state index contributed by atoms with van der Waals surface area (Å²) in [5.41, 5.74) is 1.12. The molecule has 0 saturated heterocycles. The second kappa shape index (κ2) is 12.6. The molecule has 200 valence electrons. The molecule has 4 unspecified atom stereocenters. The molecule has 12 heteroatoms. The second-order valence-electron chi connectivity index (χ2n) is 8.38.